The van der Waals surface area contributed by atoms with Crippen LogP contribution < -0.4 is 5.32 Å². The van der Waals surface area contributed by atoms with E-state index in [-0.39, 0.29) is 11.9 Å². The summed E-state index contributed by atoms with van der Waals surface area (Å²) >= 11 is 0. The number of unbranched alkanes of at least 4 members (excludes halogenated alkanes) is 1. The van der Waals surface area contributed by atoms with Gasteiger partial charge in [-0.05, 0) is 33.1 Å². The lowest BCUT2D eigenvalue weighted by Crippen LogP contribution is -2.32. The van der Waals surface area contributed by atoms with E-state index in [2.05, 4.69) is 30.5 Å². The predicted octanol–water partition coefficient (Wildman–Crippen LogP) is 5.02. The van der Waals surface area contributed by atoms with Crippen LogP contribution in [0.3, 0.4) is 0 Å². The summed E-state index contributed by atoms with van der Waals surface area (Å²) in [6.07, 6.45) is 27.3. The molecule has 3 unspecified atom stereocenters. The lowest BCUT2D eigenvalue weighted by Gasteiger charge is -2.14. The molecule has 4 heteroatoms. The number of hydrogen-bond donors (Lipinski definition) is 3. The van der Waals surface area contributed by atoms with Gasteiger partial charge in [-0.3, -0.25) is 4.79 Å². The normalized spacial score (nSPS) is 32.7. The number of carbonyl (C=O) groups excluding carboxylic acids is 1. The van der Waals surface area contributed by atoms with Gasteiger partial charge in [0.25, 0.3) is 0 Å². The first-order chi connectivity index (χ1) is 14.9. The van der Waals surface area contributed by atoms with Crippen molar-refractivity contribution < 1.29 is 15.0 Å². The Balaban J connectivity index is 3.01. The molecule has 0 saturated heterocycles. The summed E-state index contributed by atoms with van der Waals surface area (Å²) < 4.78 is 0. The van der Waals surface area contributed by atoms with E-state index in [1.165, 1.54) is 6.08 Å². The molecule has 0 aromatic carbocycles. The molecule has 4 nitrogen and oxygen atoms in total. The molecule has 3 atom stereocenters. The van der Waals surface area contributed by atoms with Crippen LogP contribution in [0.5, 0.6) is 0 Å². The number of rotatable bonds is 4. The van der Waals surface area contributed by atoms with Gasteiger partial charge in [-0.2, -0.15) is 0 Å². The molecule has 0 aromatic heterocycles. The third-order valence-electron chi connectivity index (χ3n) is 4.58. The van der Waals surface area contributed by atoms with Gasteiger partial charge < -0.3 is 15.5 Å². The first-order valence-corrected chi connectivity index (χ1v) is 11.0. The fourth-order valence-electron chi connectivity index (χ4n) is 2.80. The van der Waals surface area contributed by atoms with Crippen molar-refractivity contribution in [3.05, 3.63) is 96.2 Å². The zero-order chi connectivity index (χ0) is 22.9. The molecule has 0 spiro atoms. The minimum absolute atomic E-state index is 0.0292. The Morgan fingerprint density at radius 3 is 2.45 bits per heavy atom. The number of aliphatic hydroxyl groups is 2. The molecular weight excluding hydrogens is 386 g/mol. The van der Waals surface area contributed by atoms with E-state index in [1.807, 2.05) is 38.2 Å². The number of allylic oxidation sites excluding steroid dienone is 11. The second-order valence-corrected chi connectivity index (χ2v) is 7.63. The minimum atomic E-state index is -1.01. The smallest absolute Gasteiger partial charge is 0.244 e. The molecule has 1 heterocycles. The molecule has 0 radical (unpaired) electrons. The summed E-state index contributed by atoms with van der Waals surface area (Å²) in [5.74, 6) is -0.141. The van der Waals surface area contributed by atoms with Crippen LogP contribution >= 0.6 is 0 Å². The van der Waals surface area contributed by atoms with Crippen LogP contribution in [-0.4, -0.2) is 34.4 Å². The zero-order valence-electron chi connectivity index (χ0n) is 18.9. The molecule has 1 aliphatic rings. The van der Waals surface area contributed by atoms with Gasteiger partial charge in [0, 0.05) is 12.1 Å². The number of aliphatic hydroxyl groups excluding tert-OH is 2. The van der Waals surface area contributed by atoms with Gasteiger partial charge in [-0.25, -0.2) is 0 Å². The van der Waals surface area contributed by atoms with Crippen LogP contribution in [0.15, 0.2) is 96.2 Å². The maximum atomic E-state index is 12.3. The molecule has 1 rings (SSSR count). The average Bonchev–Trinajstić information content (AvgIpc) is 2.73. The molecule has 0 fully saturated rings. The molecule has 0 bridgehead atoms. The minimum Gasteiger partial charge on any atom is -0.386 e. The lowest BCUT2D eigenvalue weighted by molar-refractivity contribution is -0.117. The van der Waals surface area contributed by atoms with E-state index in [9.17, 15) is 15.0 Å². The summed E-state index contributed by atoms with van der Waals surface area (Å²) in [5.41, 5.74) is 1.84. The summed E-state index contributed by atoms with van der Waals surface area (Å²) in [5, 5.41) is 23.2. The van der Waals surface area contributed by atoms with E-state index in [0.717, 1.165) is 36.8 Å². The van der Waals surface area contributed by atoms with Crippen LogP contribution in [0.4, 0.5) is 0 Å². The molecule has 31 heavy (non-hydrogen) atoms. The van der Waals surface area contributed by atoms with Gasteiger partial charge in [-0.1, -0.05) is 103 Å². The summed E-state index contributed by atoms with van der Waals surface area (Å²) in [6.45, 7) is 5.96. The van der Waals surface area contributed by atoms with Gasteiger partial charge in [0.2, 0.25) is 5.91 Å². The quantitative estimate of drug-likeness (QED) is 0.556. The Hall–Kier alpha value is -2.69. The number of nitrogens with one attached hydrogen (secondary N) is 1. The van der Waals surface area contributed by atoms with E-state index in [1.54, 1.807) is 36.5 Å². The fourth-order valence-corrected chi connectivity index (χ4v) is 2.80. The van der Waals surface area contributed by atoms with Crippen molar-refractivity contribution in [2.24, 2.45) is 0 Å². The van der Waals surface area contributed by atoms with E-state index < -0.39 is 12.2 Å². The van der Waals surface area contributed by atoms with Crippen LogP contribution in [-0.2, 0) is 4.79 Å². The molecule has 1 aliphatic heterocycles. The maximum absolute atomic E-state index is 12.3. The first kappa shape index (κ1) is 26.3. The Morgan fingerprint density at radius 2 is 1.68 bits per heavy atom. The second-order valence-electron chi connectivity index (χ2n) is 7.63. The fraction of sp³-hybridized carbons (Fsp3) is 0.370. The standard InChI is InChI=1S/C27H37NO3/c1-4-5-6-7-17-24-18-11-8-14-22(2)15-9-12-19-25(29)26(30)21-23(3)16-10-13-20-27(31)28-24/h6-16,19-21,24-26,29-30H,4-5,17-18H2,1-3H3,(H,28,31)/b7-6+,11-8+,15-9+,16-10+,19-12-,20-13+,22-14+,23-21-. The van der Waals surface area contributed by atoms with Crippen molar-refractivity contribution in [2.45, 2.75) is 64.7 Å². The zero-order valence-corrected chi connectivity index (χ0v) is 18.9. The second kappa shape index (κ2) is 16.1. The molecule has 0 aromatic rings. The third-order valence-corrected chi connectivity index (χ3v) is 4.58. The van der Waals surface area contributed by atoms with E-state index in [4.69, 9.17) is 0 Å². The van der Waals surface area contributed by atoms with Crippen LogP contribution in [0.1, 0.15) is 46.5 Å². The van der Waals surface area contributed by atoms with E-state index >= 15 is 0 Å². The third kappa shape index (κ3) is 13.3. The molecule has 1 amide bonds. The lowest BCUT2D eigenvalue weighted by atomic mass is 10.1. The van der Waals surface area contributed by atoms with Gasteiger partial charge in [0.15, 0.2) is 0 Å². The van der Waals surface area contributed by atoms with Crippen LogP contribution in [0.25, 0.3) is 0 Å². The van der Waals surface area contributed by atoms with Gasteiger partial charge in [0.1, 0.15) is 12.2 Å². The topological polar surface area (TPSA) is 69.6 Å². The summed E-state index contributed by atoms with van der Waals surface area (Å²) in [7, 11) is 0. The Morgan fingerprint density at radius 1 is 0.968 bits per heavy atom. The van der Waals surface area contributed by atoms with Crippen LogP contribution in [0.2, 0.25) is 0 Å². The molecule has 0 saturated carbocycles. The number of hydrogen-bond acceptors (Lipinski definition) is 3. The Bertz CT molecular complexity index is 778. The van der Waals surface area contributed by atoms with Crippen molar-refractivity contribution in [2.75, 3.05) is 0 Å². The Labute approximate surface area is 187 Å². The molecule has 168 valence electrons. The van der Waals surface area contributed by atoms with Crippen LogP contribution in [0, 0.1) is 0 Å². The summed E-state index contributed by atoms with van der Waals surface area (Å²) in [6, 6.07) is 0.0292. The largest absolute Gasteiger partial charge is 0.386 e. The van der Waals surface area contributed by atoms with E-state index in [0.29, 0.717) is 0 Å². The Kier molecular flexibility index (Phi) is 13.6. The SMILES string of the molecule is CCC/C=C/CC1C/C=C/C=C(C)/C=C/C=C\C(O)C(O)\C=C(C)/C=C/C=C/C(=O)N1. The highest BCUT2D eigenvalue weighted by Crippen LogP contribution is 2.06. The van der Waals surface area contributed by atoms with Gasteiger partial charge in [-0.15, -0.1) is 0 Å². The molecule has 0 aliphatic carbocycles. The first-order valence-electron chi connectivity index (χ1n) is 11.0. The highest BCUT2D eigenvalue weighted by molar-refractivity contribution is 5.88. The maximum Gasteiger partial charge on any atom is 0.244 e. The molecule has 3 N–H and O–H groups in total. The van der Waals surface area contributed by atoms with Crippen molar-refractivity contribution in [1.82, 2.24) is 5.32 Å². The van der Waals surface area contributed by atoms with Gasteiger partial charge >= 0.3 is 0 Å². The highest BCUT2D eigenvalue weighted by Gasteiger charge is 2.09. The van der Waals surface area contributed by atoms with Crippen molar-refractivity contribution in [3.63, 3.8) is 0 Å². The summed E-state index contributed by atoms with van der Waals surface area (Å²) in [4.78, 5) is 12.3. The number of amides is 1. The predicted molar refractivity (Wildman–Crippen MR) is 130 cm³/mol. The van der Waals surface area contributed by atoms with Crippen molar-refractivity contribution in [1.29, 1.82) is 0 Å². The van der Waals surface area contributed by atoms with Gasteiger partial charge in [0.05, 0.1) is 0 Å². The molecular formula is C27H37NO3. The average molecular weight is 424 g/mol. The van der Waals surface area contributed by atoms with Crippen molar-refractivity contribution in [3.8, 4) is 0 Å². The monoisotopic (exact) mass is 423 g/mol. The number of carbonyl (C=O) groups is 1. The highest BCUT2D eigenvalue weighted by atomic mass is 16.3. The van der Waals surface area contributed by atoms with Crippen molar-refractivity contribution >= 4 is 5.91 Å².